The summed E-state index contributed by atoms with van der Waals surface area (Å²) in [6, 6.07) is 2.51. The van der Waals surface area contributed by atoms with Crippen molar-refractivity contribution in [2.24, 2.45) is 0 Å². The SMILES string of the molecule is Cc1cc(C)n(CC(C)N2CCOCC2)c1C=O. The summed E-state index contributed by atoms with van der Waals surface area (Å²) in [5, 5.41) is 0. The highest BCUT2D eigenvalue weighted by atomic mass is 16.5. The van der Waals surface area contributed by atoms with Crippen LogP contribution in [0.25, 0.3) is 0 Å². The number of hydrogen-bond donors (Lipinski definition) is 0. The minimum Gasteiger partial charge on any atom is -0.379 e. The van der Waals surface area contributed by atoms with Crippen molar-refractivity contribution in [2.75, 3.05) is 26.3 Å². The number of ether oxygens (including phenoxy) is 1. The molecular formula is C14H22N2O2. The molecule has 1 unspecified atom stereocenters. The van der Waals surface area contributed by atoms with E-state index in [9.17, 15) is 4.79 Å². The van der Waals surface area contributed by atoms with Crippen LogP contribution in [0.4, 0.5) is 0 Å². The van der Waals surface area contributed by atoms with Gasteiger partial charge in [0.15, 0.2) is 6.29 Å². The maximum absolute atomic E-state index is 11.2. The molecule has 0 bridgehead atoms. The predicted octanol–water partition coefficient (Wildman–Crippen LogP) is 1.64. The summed E-state index contributed by atoms with van der Waals surface area (Å²) in [5.74, 6) is 0. The molecule has 0 radical (unpaired) electrons. The quantitative estimate of drug-likeness (QED) is 0.762. The van der Waals surface area contributed by atoms with Crippen LogP contribution in [0.15, 0.2) is 6.07 Å². The summed E-state index contributed by atoms with van der Waals surface area (Å²) in [6.07, 6.45) is 0.967. The predicted molar refractivity (Wildman–Crippen MR) is 71.1 cm³/mol. The molecule has 18 heavy (non-hydrogen) atoms. The smallest absolute Gasteiger partial charge is 0.166 e. The molecular weight excluding hydrogens is 228 g/mol. The van der Waals surface area contributed by atoms with Crippen molar-refractivity contribution < 1.29 is 9.53 Å². The molecule has 4 nitrogen and oxygen atoms in total. The lowest BCUT2D eigenvalue weighted by Gasteiger charge is -2.33. The number of aromatic nitrogens is 1. The van der Waals surface area contributed by atoms with Gasteiger partial charge in [0, 0.05) is 31.4 Å². The van der Waals surface area contributed by atoms with Gasteiger partial charge in [0.1, 0.15) is 0 Å². The van der Waals surface area contributed by atoms with Crippen LogP contribution in [0, 0.1) is 13.8 Å². The van der Waals surface area contributed by atoms with Crippen LogP contribution in [0.3, 0.4) is 0 Å². The van der Waals surface area contributed by atoms with Gasteiger partial charge < -0.3 is 9.30 Å². The number of aryl methyl sites for hydroxylation is 2. The Morgan fingerprint density at radius 2 is 2.06 bits per heavy atom. The number of nitrogens with zero attached hydrogens (tertiary/aromatic N) is 2. The van der Waals surface area contributed by atoms with Crippen LogP contribution in [-0.2, 0) is 11.3 Å². The van der Waals surface area contributed by atoms with Crippen molar-refractivity contribution in [1.29, 1.82) is 0 Å². The third-order valence-electron chi connectivity index (χ3n) is 3.77. The van der Waals surface area contributed by atoms with Crippen molar-refractivity contribution >= 4 is 6.29 Å². The fourth-order valence-electron chi connectivity index (χ4n) is 2.66. The van der Waals surface area contributed by atoms with Crippen molar-refractivity contribution in [2.45, 2.75) is 33.4 Å². The lowest BCUT2D eigenvalue weighted by atomic mass is 10.2. The van der Waals surface area contributed by atoms with E-state index in [0.717, 1.165) is 56.1 Å². The lowest BCUT2D eigenvalue weighted by Crippen LogP contribution is -2.44. The zero-order chi connectivity index (χ0) is 13.1. The summed E-state index contributed by atoms with van der Waals surface area (Å²) in [6.45, 7) is 10.7. The highest BCUT2D eigenvalue weighted by Crippen LogP contribution is 2.15. The Kier molecular flexibility index (Phi) is 4.19. The van der Waals surface area contributed by atoms with E-state index in [1.165, 1.54) is 0 Å². The third-order valence-corrected chi connectivity index (χ3v) is 3.77. The number of aldehydes is 1. The van der Waals surface area contributed by atoms with Gasteiger partial charge in [0.25, 0.3) is 0 Å². The molecule has 1 aliphatic rings. The van der Waals surface area contributed by atoms with Crippen molar-refractivity contribution in [3.05, 3.63) is 23.0 Å². The molecule has 1 aromatic heterocycles. The molecule has 1 saturated heterocycles. The minimum atomic E-state index is 0.429. The normalized spacial score (nSPS) is 18.8. The monoisotopic (exact) mass is 250 g/mol. The van der Waals surface area contributed by atoms with Crippen molar-refractivity contribution in [1.82, 2.24) is 9.47 Å². The Labute approximate surface area is 109 Å². The van der Waals surface area contributed by atoms with Gasteiger partial charge in [-0.2, -0.15) is 0 Å². The zero-order valence-corrected chi connectivity index (χ0v) is 11.5. The van der Waals surface area contributed by atoms with Gasteiger partial charge in [-0.3, -0.25) is 9.69 Å². The molecule has 1 atom stereocenters. The van der Waals surface area contributed by atoms with E-state index >= 15 is 0 Å². The summed E-state index contributed by atoms with van der Waals surface area (Å²) < 4.78 is 7.50. The van der Waals surface area contributed by atoms with E-state index in [0.29, 0.717) is 6.04 Å². The molecule has 1 aromatic rings. The summed E-state index contributed by atoms with van der Waals surface area (Å²) in [4.78, 5) is 13.6. The lowest BCUT2D eigenvalue weighted by molar-refractivity contribution is 0.0167. The number of rotatable bonds is 4. The Hall–Kier alpha value is -1.13. The molecule has 0 spiro atoms. The van der Waals surface area contributed by atoms with Gasteiger partial charge in [-0.25, -0.2) is 0 Å². The van der Waals surface area contributed by atoms with Crippen LogP contribution >= 0.6 is 0 Å². The average Bonchev–Trinajstić information content (AvgIpc) is 2.64. The van der Waals surface area contributed by atoms with Crippen LogP contribution in [-0.4, -0.2) is 48.1 Å². The van der Waals surface area contributed by atoms with Crippen molar-refractivity contribution in [3.8, 4) is 0 Å². The Morgan fingerprint density at radius 1 is 1.39 bits per heavy atom. The van der Waals surface area contributed by atoms with Crippen LogP contribution < -0.4 is 0 Å². The van der Waals surface area contributed by atoms with Crippen LogP contribution in [0.2, 0.25) is 0 Å². The Balaban J connectivity index is 2.10. The summed E-state index contributed by atoms with van der Waals surface area (Å²) in [5.41, 5.74) is 3.04. The molecule has 100 valence electrons. The number of carbonyl (C=O) groups is 1. The standard InChI is InChI=1S/C14H22N2O2/c1-11-8-12(2)16(14(11)10-17)9-13(3)15-4-6-18-7-5-15/h8,10,13H,4-7,9H2,1-3H3. The van der Waals surface area contributed by atoms with Crippen LogP contribution in [0.1, 0.15) is 28.7 Å². The first-order valence-corrected chi connectivity index (χ1v) is 6.57. The Morgan fingerprint density at radius 3 is 2.67 bits per heavy atom. The highest BCUT2D eigenvalue weighted by Gasteiger charge is 2.19. The van der Waals surface area contributed by atoms with Gasteiger partial charge in [0.05, 0.1) is 18.9 Å². The fourth-order valence-corrected chi connectivity index (χ4v) is 2.66. The van der Waals surface area contributed by atoms with Crippen molar-refractivity contribution in [3.63, 3.8) is 0 Å². The van der Waals surface area contributed by atoms with E-state index in [1.807, 2.05) is 6.92 Å². The largest absolute Gasteiger partial charge is 0.379 e. The molecule has 0 aliphatic carbocycles. The molecule has 2 heterocycles. The van der Waals surface area contributed by atoms with Gasteiger partial charge in [-0.05, 0) is 32.4 Å². The highest BCUT2D eigenvalue weighted by molar-refractivity contribution is 5.75. The molecule has 4 heteroatoms. The van der Waals surface area contributed by atoms with Gasteiger partial charge in [-0.1, -0.05) is 0 Å². The van der Waals surface area contributed by atoms with E-state index in [-0.39, 0.29) is 0 Å². The molecule has 0 saturated carbocycles. The second-order valence-electron chi connectivity index (χ2n) is 5.08. The summed E-state index contributed by atoms with van der Waals surface area (Å²) >= 11 is 0. The second kappa shape index (κ2) is 5.67. The first-order chi connectivity index (χ1) is 8.63. The van der Waals surface area contributed by atoms with Gasteiger partial charge >= 0.3 is 0 Å². The summed E-state index contributed by atoms with van der Waals surface area (Å²) in [7, 11) is 0. The van der Waals surface area contributed by atoms with Gasteiger partial charge in [-0.15, -0.1) is 0 Å². The molecule has 2 rings (SSSR count). The number of carbonyl (C=O) groups excluding carboxylic acids is 1. The van der Waals surface area contributed by atoms with Crippen LogP contribution in [0.5, 0.6) is 0 Å². The molecule has 0 N–H and O–H groups in total. The first kappa shape index (κ1) is 13.3. The molecule has 1 fully saturated rings. The van der Waals surface area contributed by atoms with E-state index in [4.69, 9.17) is 4.74 Å². The molecule has 0 amide bonds. The maximum atomic E-state index is 11.2. The Bertz CT molecular complexity index is 420. The fraction of sp³-hybridized carbons (Fsp3) is 0.643. The molecule has 1 aliphatic heterocycles. The minimum absolute atomic E-state index is 0.429. The van der Waals surface area contributed by atoms with Gasteiger partial charge in [0.2, 0.25) is 0 Å². The third kappa shape index (κ3) is 2.65. The number of hydrogen-bond acceptors (Lipinski definition) is 3. The topological polar surface area (TPSA) is 34.5 Å². The van der Waals surface area contributed by atoms with E-state index < -0.39 is 0 Å². The van der Waals surface area contributed by atoms with E-state index in [1.54, 1.807) is 0 Å². The van der Waals surface area contributed by atoms with E-state index in [2.05, 4.69) is 29.4 Å². The second-order valence-corrected chi connectivity index (χ2v) is 5.08. The zero-order valence-electron chi connectivity index (χ0n) is 11.5. The number of morpholine rings is 1. The average molecular weight is 250 g/mol. The molecule has 0 aromatic carbocycles. The first-order valence-electron chi connectivity index (χ1n) is 6.57. The maximum Gasteiger partial charge on any atom is 0.166 e.